The Morgan fingerprint density at radius 3 is 2.33 bits per heavy atom. The number of nitrogens with zero attached hydrogens (tertiary/aromatic N) is 1. The van der Waals surface area contributed by atoms with Crippen molar-refractivity contribution in [1.29, 1.82) is 0 Å². The van der Waals surface area contributed by atoms with Crippen molar-refractivity contribution >= 4 is 11.8 Å². The second-order valence-corrected chi connectivity index (χ2v) is 8.95. The van der Waals surface area contributed by atoms with E-state index in [4.69, 9.17) is 9.47 Å². The maximum Gasteiger partial charge on any atom is 0.261 e. The summed E-state index contributed by atoms with van der Waals surface area (Å²) in [6.45, 7) is 6.00. The number of carbonyl (C=O) groups is 2. The van der Waals surface area contributed by atoms with Crippen LogP contribution < -0.4 is 14.8 Å². The van der Waals surface area contributed by atoms with Crippen LogP contribution in [0.3, 0.4) is 0 Å². The van der Waals surface area contributed by atoms with Gasteiger partial charge in [0, 0.05) is 19.0 Å². The second kappa shape index (κ2) is 13.3. The third-order valence-corrected chi connectivity index (χ3v) is 6.20. The molecule has 0 aliphatic carbocycles. The van der Waals surface area contributed by atoms with Crippen molar-refractivity contribution in [2.75, 3.05) is 13.7 Å². The highest BCUT2D eigenvalue weighted by Crippen LogP contribution is 2.20. The number of ether oxygens (including phenoxy) is 2. The van der Waals surface area contributed by atoms with E-state index in [9.17, 15) is 9.59 Å². The van der Waals surface area contributed by atoms with Crippen molar-refractivity contribution in [1.82, 2.24) is 10.2 Å². The third-order valence-electron chi connectivity index (χ3n) is 6.20. The van der Waals surface area contributed by atoms with Crippen molar-refractivity contribution in [3.8, 4) is 11.5 Å². The van der Waals surface area contributed by atoms with Gasteiger partial charge in [-0.1, -0.05) is 67.6 Å². The monoisotopic (exact) mass is 488 g/mol. The number of aryl methyl sites for hydroxylation is 1. The summed E-state index contributed by atoms with van der Waals surface area (Å²) in [4.78, 5) is 28.8. The molecule has 0 bridgehead atoms. The zero-order chi connectivity index (χ0) is 25.9. The summed E-state index contributed by atoms with van der Waals surface area (Å²) in [6.07, 6.45) is 1.19. The summed E-state index contributed by atoms with van der Waals surface area (Å²) >= 11 is 0. The van der Waals surface area contributed by atoms with Crippen molar-refractivity contribution in [2.45, 2.75) is 52.2 Å². The van der Waals surface area contributed by atoms with E-state index in [1.807, 2.05) is 99.6 Å². The molecule has 2 amide bonds. The van der Waals surface area contributed by atoms with Gasteiger partial charge in [-0.15, -0.1) is 0 Å². The Kier molecular flexibility index (Phi) is 9.92. The van der Waals surface area contributed by atoms with E-state index >= 15 is 0 Å². The van der Waals surface area contributed by atoms with Gasteiger partial charge in [-0.2, -0.15) is 0 Å². The maximum absolute atomic E-state index is 13.7. The van der Waals surface area contributed by atoms with Crippen molar-refractivity contribution in [2.24, 2.45) is 0 Å². The van der Waals surface area contributed by atoms with Gasteiger partial charge in [-0.05, 0) is 55.2 Å². The zero-order valence-electron chi connectivity index (χ0n) is 21.6. The number of amides is 2. The first kappa shape index (κ1) is 26.8. The zero-order valence-corrected chi connectivity index (χ0v) is 21.6. The highest BCUT2D eigenvalue weighted by Gasteiger charge is 2.31. The molecule has 2 atom stereocenters. The Labute approximate surface area is 214 Å². The Morgan fingerprint density at radius 2 is 1.64 bits per heavy atom. The molecule has 1 N–H and O–H groups in total. The van der Waals surface area contributed by atoms with Crippen LogP contribution in [0.5, 0.6) is 11.5 Å². The van der Waals surface area contributed by atoms with Crippen LogP contribution in [-0.2, 0) is 22.6 Å². The van der Waals surface area contributed by atoms with Crippen LogP contribution in [-0.4, -0.2) is 42.5 Å². The van der Waals surface area contributed by atoms with Crippen LogP contribution in [0, 0.1) is 6.92 Å². The molecular weight excluding hydrogens is 452 g/mol. The van der Waals surface area contributed by atoms with Crippen LogP contribution in [0.25, 0.3) is 0 Å². The molecule has 0 aliphatic heterocycles. The minimum absolute atomic E-state index is 0.00670. The molecule has 0 spiro atoms. The smallest absolute Gasteiger partial charge is 0.261 e. The van der Waals surface area contributed by atoms with E-state index in [1.54, 1.807) is 12.0 Å². The molecule has 6 heteroatoms. The summed E-state index contributed by atoms with van der Waals surface area (Å²) < 4.78 is 11.3. The van der Waals surface area contributed by atoms with E-state index in [-0.39, 0.29) is 31.0 Å². The van der Waals surface area contributed by atoms with E-state index in [2.05, 4.69) is 5.32 Å². The fourth-order valence-corrected chi connectivity index (χ4v) is 3.90. The maximum atomic E-state index is 13.7. The van der Waals surface area contributed by atoms with Crippen molar-refractivity contribution < 1.29 is 19.1 Å². The Hall–Kier alpha value is -3.80. The first-order chi connectivity index (χ1) is 17.4. The lowest BCUT2D eigenvalue weighted by Gasteiger charge is -2.32. The fourth-order valence-electron chi connectivity index (χ4n) is 3.90. The highest BCUT2D eigenvalue weighted by atomic mass is 16.5. The average molecular weight is 489 g/mol. The van der Waals surface area contributed by atoms with E-state index in [0.29, 0.717) is 17.9 Å². The average Bonchev–Trinajstić information content (AvgIpc) is 2.90. The minimum atomic E-state index is -0.708. The van der Waals surface area contributed by atoms with Gasteiger partial charge in [0.15, 0.2) is 6.61 Å². The van der Waals surface area contributed by atoms with Gasteiger partial charge in [-0.25, -0.2) is 0 Å². The first-order valence-electron chi connectivity index (χ1n) is 12.4. The Balaban J connectivity index is 1.94. The number of carbonyl (C=O) groups excluding carboxylic acids is 2. The molecule has 190 valence electrons. The van der Waals surface area contributed by atoms with Gasteiger partial charge in [0.1, 0.15) is 17.5 Å². The predicted molar refractivity (Wildman–Crippen MR) is 142 cm³/mol. The number of rotatable bonds is 12. The molecule has 3 aromatic carbocycles. The molecule has 3 aromatic rings. The van der Waals surface area contributed by atoms with Crippen LogP contribution in [0.2, 0.25) is 0 Å². The van der Waals surface area contributed by atoms with Gasteiger partial charge in [0.2, 0.25) is 5.91 Å². The molecule has 36 heavy (non-hydrogen) atoms. The molecule has 6 nitrogen and oxygen atoms in total. The summed E-state index contributed by atoms with van der Waals surface area (Å²) in [7, 11) is 1.61. The van der Waals surface area contributed by atoms with Crippen LogP contribution in [0.4, 0.5) is 0 Å². The molecule has 0 unspecified atom stereocenters. The van der Waals surface area contributed by atoms with Gasteiger partial charge in [0.25, 0.3) is 5.91 Å². The summed E-state index contributed by atoms with van der Waals surface area (Å²) in [6, 6.07) is 24.2. The summed E-state index contributed by atoms with van der Waals surface area (Å²) in [5.74, 6) is 0.900. The van der Waals surface area contributed by atoms with Gasteiger partial charge >= 0.3 is 0 Å². The number of benzene rings is 3. The molecule has 0 aliphatic rings. The topological polar surface area (TPSA) is 67.9 Å². The van der Waals surface area contributed by atoms with Crippen LogP contribution in [0.15, 0.2) is 78.9 Å². The third kappa shape index (κ3) is 7.60. The largest absolute Gasteiger partial charge is 0.497 e. The quantitative estimate of drug-likeness (QED) is 0.392. The van der Waals surface area contributed by atoms with E-state index in [0.717, 1.165) is 23.1 Å². The number of hydrogen-bond donors (Lipinski definition) is 1. The molecule has 0 saturated carbocycles. The molecular formula is C30H36N2O4. The SMILES string of the molecule is CC[C@H](C)NC(=O)[C@@H](Cc1ccccc1)N(Cc1cccc(OC)c1)C(=O)COc1ccccc1C. The van der Waals surface area contributed by atoms with Crippen LogP contribution >= 0.6 is 0 Å². The second-order valence-electron chi connectivity index (χ2n) is 8.95. The summed E-state index contributed by atoms with van der Waals surface area (Å²) in [5, 5.41) is 3.08. The van der Waals surface area contributed by atoms with Crippen LogP contribution in [0.1, 0.15) is 37.0 Å². The lowest BCUT2D eigenvalue weighted by Crippen LogP contribution is -2.53. The number of para-hydroxylation sites is 1. The molecule has 0 radical (unpaired) electrons. The number of nitrogens with one attached hydrogen (secondary N) is 1. The molecule has 0 heterocycles. The van der Waals surface area contributed by atoms with Crippen molar-refractivity contribution in [3.63, 3.8) is 0 Å². The van der Waals surface area contributed by atoms with Gasteiger partial charge < -0.3 is 19.7 Å². The lowest BCUT2D eigenvalue weighted by molar-refractivity contribution is -0.143. The van der Waals surface area contributed by atoms with E-state index < -0.39 is 6.04 Å². The van der Waals surface area contributed by atoms with Gasteiger partial charge in [0.05, 0.1) is 7.11 Å². The first-order valence-corrected chi connectivity index (χ1v) is 12.4. The normalized spacial score (nSPS) is 12.3. The fraction of sp³-hybridized carbons (Fsp3) is 0.333. The molecule has 0 saturated heterocycles. The molecule has 0 aromatic heterocycles. The van der Waals surface area contributed by atoms with E-state index in [1.165, 1.54) is 0 Å². The van der Waals surface area contributed by atoms with Gasteiger partial charge in [-0.3, -0.25) is 9.59 Å². The molecule has 0 fully saturated rings. The minimum Gasteiger partial charge on any atom is -0.497 e. The standard InChI is InChI=1S/C30H36N2O4/c1-5-23(3)31-30(34)27(19-24-13-7-6-8-14-24)32(20-25-15-11-16-26(18-25)35-4)29(33)21-36-28-17-10-9-12-22(28)2/h6-18,23,27H,5,19-21H2,1-4H3,(H,31,34)/t23-,27+/m0/s1. The lowest BCUT2D eigenvalue weighted by atomic mass is 10.0. The number of methoxy groups -OCH3 is 1. The van der Waals surface area contributed by atoms with Crippen molar-refractivity contribution in [3.05, 3.63) is 95.6 Å². The highest BCUT2D eigenvalue weighted by molar-refractivity contribution is 5.88. The molecule has 3 rings (SSSR count). The Bertz CT molecular complexity index is 1130. The number of hydrogen-bond acceptors (Lipinski definition) is 4. The predicted octanol–water partition coefficient (Wildman–Crippen LogP) is 4.94. The summed E-state index contributed by atoms with van der Waals surface area (Å²) in [5.41, 5.74) is 2.79. The Morgan fingerprint density at radius 1 is 0.944 bits per heavy atom.